The van der Waals surface area contributed by atoms with Crippen LogP contribution in [0.5, 0.6) is 5.75 Å². The van der Waals surface area contributed by atoms with E-state index in [2.05, 4.69) is 15.5 Å². The van der Waals surface area contributed by atoms with Gasteiger partial charge in [-0.2, -0.15) is 0 Å². The summed E-state index contributed by atoms with van der Waals surface area (Å²) in [5.74, 6) is 0.341. The Kier molecular flexibility index (Phi) is 7.47. The van der Waals surface area contributed by atoms with Crippen molar-refractivity contribution < 1.29 is 23.5 Å². The summed E-state index contributed by atoms with van der Waals surface area (Å²) in [6.45, 7) is 5.87. The molecule has 10 heteroatoms. The van der Waals surface area contributed by atoms with Gasteiger partial charge in [0.15, 0.2) is 6.61 Å². The predicted molar refractivity (Wildman–Crippen MR) is 114 cm³/mol. The molecule has 1 amide bonds. The first-order valence-corrected chi connectivity index (χ1v) is 11.0. The van der Waals surface area contributed by atoms with E-state index in [4.69, 9.17) is 13.9 Å². The molecule has 0 atom stereocenters. The standard InChI is InChI=1S/C20H21N3O5S2/c1-4-26-19(25)17-12(2)13(3)30-18(17)21-15(24)11-29-20-23-22-16(28-20)10-27-14-8-6-5-7-9-14/h5-9H,4,10-11H2,1-3H3,(H,21,24). The van der Waals surface area contributed by atoms with Gasteiger partial charge in [-0.15, -0.1) is 21.5 Å². The summed E-state index contributed by atoms with van der Waals surface area (Å²) in [5, 5.41) is 11.3. The zero-order chi connectivity index (χ0) is 21.5. The van der Waals surface area contributed by atoms with Gasteiger partial charge in [-0.1, -0.05) is 30.0 Å². The summed E-state index contributed by atoms with van der Waals surface area (Å²) in [7, 11) is 0. The molecule has 0 fully saturated rings. The van der Waals surface area contributed by atoms with Crippen LogP contribution in [0.3, 0.4) is 0 Å². The number of carbonyl (C=O) groups excluding carboxylic acids is 2. The van der Waals surface area contributed by atoms with Crippen molar-refractivity contribution in [3.8, 4) is 5.75 Å². The molecule has 30 heavy (non-hydrogen) atoms. The number of nitrogens with zero attached hydrogens (tertiary/aromatic N) is 2. The number of thiophene rings is 1. The van der Waals surface area contributed by atoms with Crippen LogP contribution in [-0.2, 0) is 16.1 Å². The number of aromatic nitrogens is 2. The molecule has 0 bridgehead atoms. The lowest BCUT2D eigenvalue weighted by molar-refractivity contribution is -0.113. The zero-order valence-electron chi connectivity index (χ0n) is 16.8. The number of thioether (sulfide) groups is 1. The number of benzene rings is 1. The summed E-state index contributed by atoms with van der Waals surface area (Å²) in [4.78, 5) is 25.5. The minimum Gasteiger partial charge on any atom is -0.484 e. The average Bonchev–Trinajstić information content (AvgIpc) is 3.30. The van der Waals surface area contributed by atoms with Crippen LogP contribution >= 0.6 is 23.1 Å². The topological polar surface area (TPSA) is 104 Å². The number of nitrogens with one attached hydrogen (secondary N) is 1. The van der Waals surface area contributed by atoms with Crippen molar-refractivity contribution >= 4 is 40.0 Å². The van der Waals surface area contributed by atoms with Crippen LogP contribution in [0.15, 0.2) is 40.0 Å². The number of para-hydroxylation sites is 1. The fourth-order valence-electron chi connectivity index (χ4n) is 2.47. The summed E-state index contributed by atoms with van der Waals surface area (Å²) in [5.41, 5.74) is 1.21. The largest absolute Gasteiger partial charge is 0.484 e. The molecular weight excluding hydrogens is 426 g/mol. The number of hydrogen-bond donors (Lipinski definition) is 1. The minimum atomic E-state index is -0.442. The molecule has 0 saturated carbocycles. The minimum absolute atomic E-state index is 0.0550. The lowest BCUT2D eigenvalue weighted by Gasteiger charge is -2.06. The van der Waals surface area contributed by atoms with Gasteiger partial charge in [0.05, 0.1) is 17.9 Å². The third-order valence-electron chi connectivity index (χ3n) is 4.00. The fraction of sp³-hybridized carbons (Fsp3) is 0.300. The number of aryl methyl sites for hydroxylation is 1. The predicted octanol–water partition coefficient (Wildman–Crippen LogP) is 4.23. The molecule has 8 nitrogen and oxygen atoms in total. The first kappa shape index (κ1) is 21.8. The fourth-order valence-corrected chi connectivity index (χ4v) is 4.12. The van der Waals surface area contributed by atoms with Gasteiger partial charge in [0.25, 0.3) is 11.1 Å². The van der Waals surface area contributed by atoms with E-state index in [0.29, 0.717) is 22.2 Å². The van der Waals surface area contributed by atoms with Gasteiger partial charge >= 0.3 is 5.97 Å². The second-order valence-corrected chi connectivity index (χ2v) is 8.26. The Bertz CT molecular complexity index is 1020. The van der Waals surface area contributed by atoms with Crippen LogP contribution in [0.25, 0.3) is 0 Å². The Morgan fingerprint density at radius 1 is 1.20 bits per heavy atom. The molecule has 1 N–H and O–H groups in total. The Morgan fingerprint density at radius 3 is 2.70 bits per heavy atom. The van der Waals surface area contributed by atoms with Gasteiger partial charge in [-0.25, -0.2) is 4.79 Å². The number of carbonyl (C=O) groups is 2. The van der Waals surface area contributed by atoms with Crippen LogP contribution in [0.4, 0.5) is 5.00 Å². The lowest BCUT2D eigenvalue weighted by Crippen LogP contribution is -2.16. The first-order valence-electron chi connectivity index (χ1n) is 9.18. The van der Waals surface area contributed by atoms with Crippen LogP contribution < -0.4 is 10.1 Å². The molecule has 0 spiro atoms. The molecular formula is C20H21N3O5S2. The smallest absolute Gasteiger partial charge is 0.341 e. The van der Waals surface area contributed by atoms with Crippen molar-refractivity contribution in [2.24, 2.45) is 0 Å². The first-order chi connectivity index (χ1) is 14.5. The van der Waals surface area contributed by atoms with Crippen LogP contribution in [0, 0.1) is 13.8 Å². The molecule has 0 radical (unpaired) electrons. The summed E-state index contributed by atoms with van der Waals surface area (Å²) in [6, 6.07) is 9.29. The number of rotatable bonds is 9. The summed E-state index contributed by atoms with van der Waals surface area (Å²) >= 11 is 2.45. The Hall–Kier alpha value is -2.85. The van der Waals surface area contributed by atoms with Gasteiger partial charge in [0.2, 0.25) is 5.91 Å². The van der Waals surface area contributed by atoms with Gasteiger partial charge < -0.3 is 19.2 Å². The third-order valence-corrected chi connectivity index (χ3v) is 5.94. The molecule has 2 aromatic heterocycles. The molecule has 0 aliphatic carbocycles. The number of anilines is 1. The molecule has 3 aromatic rings. The lowest BCUT2D eigenvalue weighted by atomic mass is 10.1. The van der Waals surface area contributed by atoms with Crippen LogP contribution in [-0.4, -0.2) is 34.4 Å². The van der Waals surface area contributed by atoms with Gasteiger partial charge in [-0.05, 0) is 38.5 Å². The molecule has 158 valence electrons. The van der Waals surface area contributed by atoms with E-state index in [1.165, 1.54) is 11.3 Å². The van der Waals surface area contributed by atoms with E-state index in [1.807, 2.05) is 44.2 Å². The Labute approximate surface area is 182 Å². The van der Waals surface area contributed by atoms with Crippen molar-refractivity contribution in [3.63, 3.8) is 0 Å². The molecule has 0 aliphatic heterocycles. The summed E-state index contributed by atoms with van der Waals surface area (Å²) in [6.07, 6.45) is 0. The zero-order valence-corrected chi connectivity index (χ0v) is 18.4. The van der Waals surface area contributed by atoms with E-state index in [9.17, 15) is 9.59 Å². The van der Waals surface area contributed by atoms with Crippen molar-refractivity contribution in [3.05, 3.63) is 52.2 Å². The highest BCUT2D eigenvalue weighted by Gasteiger charge is 2.22. The van der Waals surface area contributed by atoms with Crippen molar-refractivity contribution in [1.82, 2.24) is 10.2 Å². The Morgan fingerprint density at radius 2 is 1.97 bits per heavy atom. The highest BCUT2D eigenvalue weighted by atomic mass is 32.2. The molecule has 0 saturated heterocycles. The average molecular weight is 448 g/mol. The van der Waals surface area contributed by atoms with Crippen LogP contribution in [0.1, 0.15) is 33.6 Å². The van der Waals surface area contributed by atoms with E-state index in [-0.39, 0.29) is 30.1 Å². The van der Waals surface area contributed by atoms with E-state index in [1.54, 1.807) is 6.92 Å². The number of ether oxygens (including phenoxy) is 2. The molecule has 2 heterocycles. The second-order valence-electron chi connectivity index (χ2n) is 6.11. The maximum Gasteiger partial charge on any atom is 0.341 e. The molecule has 0 aliphatic rings. The number of hydrogen-bond acceptors (Lipinski definition) is 9. The third kappa shape index (κ3) is 5.61. The maximum absolute atomic E-state index is 12.4. The number of amides is 1. The quantitative estimate of drug-likeness (QED) is 0.384. The van der Waals surface area contributed by atoms with Gasteiger partial charge in [0, 0.05) is 4.88 Å². The normalized spacial score (nSPS) is 10.6. The van der Waals surface area contributed by atoms with E-state index < -0.39 is 5.97 Å². The molecule has 3 rings (SSSR count). The molecule has 1 aromatic carbocycles. The van der Waals surface area contributed by atoms with Crippen molar-refractivity contribution in [2.75, 3.05) is 17.7 Å². The van der Waals surface area contributed by atoms with Crippen LogP contribution in [0.2, 0.25) is 0 Å². The van der Waals surface area contributed by atoms with E-state index >= 15 is 0 Å². The monoisotopic (exact) mass is 447 g/mol. The molecule has 0 unspecified atom stereocenters. The van der Waals surface area contributed by atoms with Crippen molar-refractivity contribution in [1.29, 1.82) is 0 Å². The van der Waals surface area contributed by atoms with Crippen molar-refractivity contribution in [2.45, 2.75) is 32.6 Å². The maximum atomic E-state index is 12.4. The highest BCUT2D eigenvalue weighted by Crippen LogP contribution is 2.33. The summed E-state index contributed by atoms with van der Waals surface area (Å²) < 4.78 is 16.1. The highest BCUT2D eigenvalue weighted by molar-refractivity contribution is 7.99. The van der Waals surface area contributed by atoms with Gasteiger partial charge in [-0.3, -0.25) is 4.79 Å². The number of esters is 1. The van der Waals surface area contributed by atoms with Gasteiger partial charge in [0.1, 0.15) is 10.8 Å². The Balaban J connectivity index is 1.54. The SMILES string of the molecule is CCOC(=O)c1c(NC(=O)CSc2nnc(COc3ccccc3)o2)sc(C)c1C. The van der Waals surface area contributed by atoms with E-state index in [0.717, 1.165) is 22.2 Å². The second kappa shape index (κ2) is 10.3.